The maximum Gasteiger partial charge on any atom is 0.416 e. The lowest BCUT2D eigenvalue weighted by Crippen LogP contribution is -2.25. The molecule has 0 saturated carbocycles. The molecule has 0 aliphatic rings. The number of halogens is 3. The van der Waals surface area contributed by atoms with E-state index >= 15 is 0 Å². The van der Waals surface area contributed by atoms with Crippen LogP contribution in [-0.4, -0.2) is 15.3 Å². The zero-order valence-electron chi connectivity index (χ0n) is 17.0. The highest BCUT2D eigenvalue weighted by Gasteiger charge is 2.29. The first-order valence-electron chi connectivity index (χ1n) is 9.72. The lowest BCUT2D eigenvalue weighted by Gasteiger charge is -2.09. The number of hydrogen-bond acceptors (Lipinski definition) is 2. The van der Waals surface area contributed by atoms with Gasteiger partial charge in [0.15, 0.2) is 0 Å². The average molecular weight is 423 g/mol. The number of amides is 1. The lowest BCUT2D eigenvalue weighted by atomic mass is 10.0. The molecule has 2 aromatic heterocycles. The topological polar surface area (TPSA) is 46.4 Å². The van der Waals surface area contributed by atoms with E-state index in [2.05, 4.69) is 10.3 Å². The number of carbonyl (C=O) groups is 1. The number of carbonyl (C=O) groups excluding carboxylic acids is 1. The van der Waals surface area contributed by atoms with E-state index in [4.69, 9.17) is 0 Å². The van der Waals surface area contributed by atoms with Gasteiger partial charge in [-0.15, -0.1) is 0 Å². The average Bonchev–Trinajstić information content (AvgIpc) is 3.07. The van der Waals surface area contributed by atoms with Gasteiger partial charge in [-0.2, -0.15) is 13.2 Å². The van der Waals surface area contributed by atoms with E-state index < -0.39 is 11.7 Å². The molecule has 0 unspecified atom stereocenters. The van der Waals surface area contributed by atoms with Crippen LogP contribution in [0.2, 0.25) is 0 Å². The van der Waals surface area contributed by atoms with Crippen LogP contribution in [-0.2, 0) is 12.7 Å². The number of aryl methyl sites for hydroxylation is 2. The van der Waals surface area contributed by atoms with Crippen LogP contribution in [0.3, 0.4) is 0 Å². The number of rotatable bonds is 4. The van der Waals surface area contributed by atoms with E-state index in [1.54, 1.807) is 11.3 Å². The molecule has 4 aromatic rings. The SMILES string of the molecule is Cc1ccc2nc(C)c(C(=O)NCc3ccc(-c4ccc(C(F)(F)F)cc4)cc3)n2c1. The molecule has 0 radical (unpaired) electrons. The minimum Gasteiger partial charge on any atom is -0.347 e. The highest BCUT2D eigenvalue weighted by atomic mass is 19.4. The molecule has 4 nitrogen and oxygen atoms in total. The molecule has 7 heteroatoms. The van der Waals surface area contributed by atoms with E-state index in [1.165, 1.54) is 12.1 Å². The molecule has 1 amide bonds. The van der Waals surface area contributed by atoms with Crippen molar-refractivity contribution in [3.63, 3.8) is 0 Å². The number of nitrogens with one attached hydrogen (secondary N) is 1. The van der Waals surface area contributed by atoms with Crippen LogP contribution in [0.25, 0.3) is 16.8 Å². The van der Waals surface area contributed by atoms with Crippen molar-refractivity contribution in [3.8, 4) is 11.1 Å². The Labute approximate surface area is 177 Å². The number of aromatic nitrogens is 2. The molecular weight excluding hydrogens is 403 g/mol. The smallest absolute Gasteiger partial charge is 0.347 e. The van der Waals surface area contributed by atoms with Gasteiger partial charge in [0.2, 0.25) is 0 Å². The fourth-order valence-corrected chi connectivity index (χ4v) is 3.47. The Hall–Kier alpha value is -3.61. The van der Waals surface area contributed by atoms with Crippen molar-refractivity contribution in [1.29, 1.82) is 0 Å². The van der Waals surface area contributed by atoms with Gasteiger partial charge < -0.3 is 5.32 Å². The van der Waals surface area contributed by atoms with E-state index in [-0.39, 0.29) is 5.91 Å². The summed E-state index contributed by atoms with van der Waals surface area (Å²) in [4.78, 5) is 17.2. The molecule has 0 fully saturated rings. The highest BCUT2D eigenvalue weighted by Crippen LogP contribution is 2.31. The molecule has 158 valence electrons. The Balaban J connectivity index is 1.46. The zero-order valence-corrected chi connectivity index (χ0v) is 17.0. The summed E-state index contributed by atoms with van der Waals surface area (Å²) in [5.74, 6) is -0.220. The third-order valence-electron chi connectivity index (χ3n) is 5.11. The molecule has 0 aliphatic heterocycles. The second kappa shape index (κ2) is 7.91. The van der Waals surface area contributed by atoms with Crippen molar-refractivity contribution in [2.24, 2.45) is 0 Å². The molecule has 1 N–H and O–H groups in total. The number of fused-ring (bicyclic) bond motifs is 1. The molecule has 0 atom stereocenters. The molecule has 0 bridgehead atoms. The second-order valence-electron chi connectivity index (χ2n) is 7.44. The van der Waals surface area contributed by atoms with Gasteiger partial charge >= 0.3 is 6.18 Å². The molecule has 0 aliphatic carbocycles. The van der Waals surface area contributed by atoms with Gasteiger partial charge in [0.1, 0.15) is 11.3 Å². The fraction of sp³-hybridized carbons (Fsp3) is 0.167. The van der Waals surface area contributed by atoms with Gasteiger partial charge in [0, 0.05) is 12.7 Å². The largest absolute Gasteiger partial charge is 0.416 e. The van der Waals surface area contributed by atoms with Crippen LogP contribution in [0.1, 0.15) is 32.9 Å². The van der Waals surface area contributed by atoms with Crippen LogP contribution in [0.4, 0.5) is 13.2 Å². The van der Waals surface area contributed by atoms with Gasteiger partial charge in [-0.3, -0.25) is 9.20 Å². The van der Waals surface area contributed by atoms with Gasteiger partial charge in [-0.1, -0.05) is 42.5 Å². The van der Waals surface area contributed by atoms with Crippen molar-refractivity contribution in [3.05, 3.63) is 94.9 Å². The third kappa shape index (κ3) is 4.30. The van der Waals surface area contributed by atoms with Crippen molar-refractivity contribution >= 4 is 11.6 Å². The number of hydrogen-bond donors (Lipinski definition) is 1. The molecule has 0 saturated heterocycles. The maximum atomic E-state index is 12.8. The second-order valence-corrected chi connectivity index (χ2v) is 7.44. The van der Waals surface area contributed by atoms with E-state index in [9.17, 15) is 18.0 Å². The summed E-state index contributed by atoms with van der Waals surface area (Å²) in [6.07, 6.45) is -2.47. The quantitative estimate of drug-likeness (QED) is 0.467. The molecule has 0 spiro atoms. The summed E-state index contributed by atoms with van der Waals surface area (Å²) >= 11 is 0. The monoisotopic (exact) mass is 423 g/mol. The van der Waals surface area contributed by atoms with Crippen LogP contribution in [0.15, 0.2) is 66.9 Å². The van der Waals surface area contributed by atoms with Gasteiger partial charge in [-0.05, 0) is 54.3 Å². The van der Waals surface area contributed by atoms with E-state index in [0.717, 1.165) is 28.8 Å². The number of imidazole rings is 1. The normalized spacial score (nSPS) is 11.6. The van der Waals surface area contributed by atoms with E-state index in [1.807, 2.05) is 49.5 Å². The van der Waals surface area contributed by atoms with Crippen LogP contribution in [0.5, 0.6) is 0 Å². The van der Waals surface area contributed by atoms with E-state index in [0.29, 0.717) is 29.1 Å². The van der Waals surface area contributed by atoms with Crippen molar-refractivity contribution < 1.29 is 18.0 Å². The Morgan fingerprint density at radius 2 is 1.55 bits per heavy atom. The van der Waals surface area contributed by atoms with Crippen LogP contribution >= 0.6 is 0 Å². The third-order valence-corrected chi connectivity index (χ3v) is 5.11. The van der Waals surface area contributed by atoms with Gasteiger partial charge in [-0.25, -0.2) is 4.98 Å². The van der Waals surface area contributed by atoms with Crippen LogP contribution in [0, 0.1) is 13.8 Å². The first-order chi connectivity index (χ1) is 14.7. The standard InChI is InChI=1S/C24H20F3N3O/c1-15-3-12-21-29-16(2)22(30(21)14-15)23(31)28-13-17-4-6-18(7-5-17)19-8-10-20(11-9-19)24(25,26)27/h3-12,14H,13H2,1-2H3,(H,28,31). The number of benzene rings is 2. The number of nitrogens with zero attached hydrogens (tertiary/aromatic N) is 2. The van der Waals surface area contributed by atoms with Crippen molar-refractivity contribution in [2.45, 2.75) is 26.6 Å². The Morgan fingerprint density at radius 1 is 0.935 bits per heavy atom. The first kappa shape index (κ1) is 20.7. The van der Waals surface area contributed by atoms with Gasteiger partial charge in [0.25, 0.3) is 5.91 Å². The predicted octanol–water partition coefficient (Wildman–Crippen LogP) is 5.57. The Kier molecular flexibility index (Phi) is 5.27. The minimum absolute atomic E-state index is 0.220. The number of pyridine rings is 1. The fourth-order valence-electron chi connectivity index (χ4n) is 3.47. The molecule has 31 heavy (non-hydrogen) atoms. The number of alkyl halides is 3. The van der Waals surface area contributed by atoms with Crippen molar-refractivity contribution in [1.82, 2.24) is 14.7 Å². The molecule has 4 rings (SSSR count). The minimum atomic E-state index is -4.35. The maximum absolute atomic E-state index is 12.8. The molecule has 2 aromatic carbocycles. The van der Waals surface area contributed by atoms with Crippen LogP contribution < -0.4 is 5.32 Å². The molecule has 2 heterocycles. The summed E-state index contributed by atoms with van der Waals surface area (Å²) < 4.78 is 39.9. The summed E-state index contributed by atoms with van der Waals surface area (Å²) in [7, 11) is 0. The molecular formula is C24H20F3N3O. The Morgan fingerprint density at radius 3 is 2.16 bits per heavy atom. The van der Waals surface area contributed by atoms with Gasteiger partial charge in [0.05, 0.1) is 11.3 Å². The predicted molar refractivity (Wildman–Crippen MR) is 113 cm³/mol. The summed E-state index contributed by atoms with van der Waals surface area (Å²) in [6, 6.07) is 16.2. The van der Waals surface area contributed by atoms with Crippen molar-refractivity contribution in [2.75, 3.05) is 0 Å². The first-order valence-corrected chi connectivity index (χ1v) is 9.72. The summed E-state index contributed by atoms with van der Waals surface area (Å²) in [6.45, 7) is 4.08. The Bertz CT molecular complexity index is 1240. The summed E-state index contributed by atoms with van der Waals surface area (Å²) in [5, 5.41) is 2.91. The summed E-state index contributed by atoms with van der Waals surface area (Å²) in [5.41, 5.74) is 4.60. The zero-order chi connectivity index (χ0) is 22.2. The lowest BCUT2D eigenvalue weighted by molar-refractivity contribution is -0.137. The highest BCUT2D eigenvalue weighted by molar-refractivity contribution is 5.94.